The minimum atomic E-state index is -0.332. The predicted octanol–water partition coefficient (Wildman–Crippen LogP) is 3.82. The van der Waals surface area contributed by atoms with Crippen LogP contribution in [0.5, 0.6) is 5.75 Å². The Morgan fingerprint density at radius 1 is 1.04 bits per heavy atom. The molecule has 0 atom stereocenters. The zero-order chi connectivity index (χ0) is 16.9. The van der Waals surface area contributed by atoms with E-state index in [1.807, 2.05) is 30.3 Å². The van der Waals surface area contributed by atoms with Crippen molar-refractivity contribution in [3.05, 3.63) is 76.1 Å². The molecule has 0 radical (unpaired) electrons. The third-order valence-electron chi connectivity index (χ3n) is 4.13. The number of methoxy groups -OCH3 is 1. The van der Waals surface area contributed by atoms with Crippen molar-refractivity contribution < 1.29 is 9.15 Å². The van der Waals surface area contributed by atoms with Crippen LogP contribution in [0.1, 0.15) is 18.1 Å². The summed E-state index contributed by atoms with van der Waals surface area (Å²) in [7, 11) is 1.60. The Bertz CT molecular complexity index is 871. The van der Waals surface area contributed by atoms with E-state index in [9.17, 15) is 4.79 Å². The van der Waals surface area contributed by atoms with Crippen molar-refractivity contribution in [2.75, 3.05) is 13.7 Å². The van der Waals surface area contributed by atoms with E-state index < -0.39 is 0 Å². The average molecular weight is 323 g/mol. The molecule has 0 N–H and O–H groups in total. The number of rotatable bonds is 6. The molecule has 0 spiro atoms. The lowest BCUT2D eigenvalue weighted by Crippen LogP contribution is -2.23. The van der Waals surface area contributed by atoms with Crippen molar-refractivity contribution in [2.24, 2.45) is 0 Å². The smallest absolute Gasteiger partial charge is 0.336 e. The molecule has 0 aliphatic carbocycles. The van der Waals surface area contributed by atoms with Crippen LogP contribution >= 0.6 is 0 Å². The van der Waals surface area contributed by atoms with Crippen LogP contribution in [0, 0.1) is 0 Å². The lowest BCUT2D eigenvalue weighted by Gasteiger charge is -2.21. The monoisotopic (exact) mass is 323 g/mol. The van der Waals surface area contributed by atoms with Crippen LogP contribution in [-0.2, 0) is 13.1 Å². The van der Waals surface area contributed by atoms with Gasteiger partial charge in [-0.2, -0.15) is 0 Å². The van der Waals surface area contributed by atoms with Crippen LogP contribution in [0.4, 0.5) is 0 Å². The van der Waals surface area contributed by atoms with Crippen LogP contribution in [0.3, 0.4) is 0 Å². The van der Waals surface area contributed by atoms with Crippen molar-refractivity contribution in [3.8, 4) is 5.75 Å². The highest BCUT2D eigenvalue weighted by atomic mass is 16.5. The van der Waals surface area contributed by atoms with Gasteiger partial charge in [0.15, 0.2) is 0 Å². The minimum absolute atomic E-state index is 0.332. The first kappa shape index (κ1) is 16.3. The summed E-state index contributed by atoms with van der Waals surface area (Å²) in [5.41, 5.74) is 2.46. The maximum Gasteiger partial charge on any atom is 0.336 e. The Morgan fingerprint density at radius 2 is 1.83 bits per heavy atom. The van der Waals surface area contributed by atoms with E-state index in [-0.39, 0.29) is 5.63 Å². The number of nitrogens with zero attached hydrogens (tertiary/aromatic N) is 1. The van der Waals surface area contributed by atoms with Gasteiger partial charge in [-0.25, -0.2) is 4.79 Å². The third kappa shape index (κ3) is 3.66. The Morgan fingerprint density at radius 3 is 2.54 bits per heavy atom. The number of ether oxygens (including phenoxy) is 1. The molecule has 4 nitrogen and oxygen atoms in total. The standard InChI is InChI=1S/C20H21NO3/c1-3-21(13-15-7-5-4-6-8-15)14-16-11-20(22)24-19-12-17(23-2)9-10-18(16)19/h4-12H,3,13-14H2,1-2H3. The molecule has 0 saturated heterocycles. The fraction of sp³-hybridized carbons (Fsp3) is 0.250. The second-order valence-corrected chi connectivity index (χ2v) is 5.74. The van der Waals surface area contributed by atoms with Crippen molar-refractivity contribution in [3.63, 3.8) is 0 Å². The summed E-state index contributed by atoms with van der Waals surface area (Å²) in [6.45, 7) is 4.56. The molecule has 0 aliphatic rings. The lowest BCUT2D eigenvalue weighted by molar-refractivity contribution is 0.272. The zero-order valence-corrected chi connectivity index (χ0v) is 14.0. The number of hydrogen-bond acceptors (Lipinski definition) is 4. The van der Waals surface area contributed by atoms with Gasteiger partial charge in [0.25, 0.3) is 0 Å². The summed E-state index contributed by atoms with van der Waals surface area (Å²) >= 11 is 0. The maximum atomic E-state index is 11.9. The third-order valence-corrected chi connectivity index (χ3v) is 4.13. The van der Waals surface area contributed by atoms with Crippen LogP contribution in [-0.4, -0.2) is 18.6 Å². The van der Waals surface area contributed by atoms with Gasteiger partial charge < -0.3 is 9.15 Å². The molecule has 124 valence electrons. The Balaban J connectivity index is 1.91. The summed E-state index contributed by atoms with van der Waals surface area (Å²) in [6.07, 6.45) is 0. The largest absolute Gasteiger partial charge is 0.497 e. The van der Waals surface area contributed by atoms with E-state index in [1.54, 1.807) is 19.2 Å². The van der Waals surface area contributed by atoms with Gasteiger partial charge in [0.05, 0.1) is 7.11 Å². The van der Waals surface area contributed by atoms with Gasteiger partial charge in [0.2, 0.25) is 0 Å². The lowest BCUT2D eigenvalue weighted by atomic mass is 10.1. The van der Waals surface area contributed by atoms with Crippen molar-refractivity contribution in [1.29, 1.82) is 0 Å². The molecule has 1 aromatic heterocycles. The second-order valence-electron chi connectivity index (χ2n) is 5.74. The SMILES string of the molecule is CCN(Cc1ccccc1)Cc1cc(=O)oc2cc(OC)ccc12. The first-order valence-electron chi connectivity index (χ1n) is 8.06. The van der Waals surface area contributed by atoms with Gasteiger partial charge in [-0.1, -0.05) is 37.3 Å². The molecule has 4 heteroatoms. The normalized spacial score (nSPS) is 11.1. The molecule has 1 heterocycles. The number of fused-ring (bicyclic) bond motifs is 1. The van der Waals surface area contributed by atoms with Crippen LogP contribution in [0.25, 0.3) is 11.0 Å². The molecule has 3 rings (SSSR count). The molecule has 0 fully saturated rings. The Hall–Kier alpha value is -2.59. The maximum absolute atomic E-state index is 11.9. The molecule has 0 bridgehead atoms. The predicted molar refractivity (Wildman–Crippen MR) is 95.3 cm³/mol. The van der Waals surface area contributed by atoms with Crippen LogP contribution < -0.4 is 10.4 Å². The summed E-state index contributed by atoms with van der Waals surface area (Å²) in [5.74, 6) is 0.680. The van der Waals surface area contributed by atoms with E-state index in [4.69, 9.17) is 9.15 Å². The topological polar surface area (TPSA) is 42.7 Å². The highest BCUT2D eigenvalue weighted by molar-refractivity contribution is 5.81. The highest BCUT2D eigenvalue weighted by Gasteiger charge is 2.11. The van der Waals surface area contributed by atoms with Crippen LogP contribution in [0.15, 0.2) is 63.8 Å². The van der Waals surface area contributed by atoms with Crippen molar-refractivity contribution >= 4 is 11.0 Å². The number of hydrogen-bond donors (Lipinski definition) is 0. The van der Waals surface area contributed by atoms with Gasteiger partial charge in [0, 0.05) is 30.6 Å². The number of benzene rings is 2. The zero-order valence-electron chi connectivity index (χ0n) is 14.0. The summed E-state index contributed by atoms with van der Waals surface area (Å²) < 4.78 is 10.5. The average Bonchev–Trinajstić information content (AvgIpc) is 2.61. The van der Waals surface area contributed by atoms with Gasteiger partial charge in [-0.3, -0.25) is 4.90 Å². The first-order valence-corrected chi connectivity index (χ1v) is 8.06. The van der Waals surface area contributed by atoms with Gasteiger partial charge in [-0.15, -0.1) is 0 Å². The van der Waals surface area contributed by atoms with Crippen molar-refractivity contribution in [2.45, 2.75) is 20.0 Å². The Labute approximate surface area is 141 Å². The summed E-state index contributed by atoms with van der Waals surface area (Å²) in [5, 5.41) is 0.946. The second kappa shape index (κ2) is 7.32. The molecule has 0 amide bonds. The van der Waals surface area contributed by atoms with Gasteiger partial charge >= 0.3 is 5.63 Å². The van der Waals surface area contributed by atoms with Gasteiger partial charge in [0.1, 0.15) is 11.3 Å². The first-order chi connectivity index (χ1) is 11.7. The molecule has 24 heavy (non-hydrogen) atoms. The quantitative estimate of drug-likeness (QED) is 0.647. The molecular formula is C20H21NO3. The molecule has 0 saturated carbocycles. The fourth-order valence-corrected chi connectivity index (χ4v) is 2.83. The molecule has 0 unspecified atom stereocenters. The molecular weight excluding hydrogens is 302 g/mol. The van der Waals surface area contributed by atoms with E-state index in [0.717, 1.165) is 24.0 Å². The van der Waals surface area contributed by atoms with Gasteiger partial charge in [-0.05, 0) is 29.8 Å². The summed E-state index contributed by atoms with van der Waals surface area (Å²) in [6, 6.07) is 17.5. The Kier molecular flexibility index (Phi) is 4.96. The fourth-order valence-electron chi connectivity index (χ4n) is 2.83. The van der Waals surface area contributed by atoms with Crippen molar-refractivity contribution in [1.82, 2.24) is 4.90 Å². The van der Waals surface area contributed by atoms with E-state index >= 15 is 0 Å². The highest BCUT2D eigenvalue weighted by Crippen LogP contribution is 2.23. The van der Waals surface area contributed by atoms with Crippen LogP contribution in [0.2, 0.25) is 0 Å². The molecule has 3 aromatic rings. The molecule has 2 aromatic carbocycles. The minimum Gasteiger partial charge on any atom is -0.497 e. The van der Waals surface area contributed by atoms with E-state index in [2.05, 4.69) is 24.0 Å². The molecule has 0 aliphatic heterocycles. The van der Waals surface area contributed by atoms with E-state index in [1.165, 1.54) is 5.56 Å². The van der Waals surface area contributed by atoms with E-state index in [0.29, 0.717) is 17.9 Å². The summed E-state index contributed by atoms with van der Waals surface area (Å²) in [4.78, 5) is 14.2.